The van der Waals surface area contributed by atoms with Crippen LogP contribution in [0.5, 0.6) is 0 Å². The summed E-state index contributed by atoms with van der Waals surface area (Å²) in [6.07, 6.45) is 2.20. The van der Waals surface area contributed by atoms with E-state index in [1.54, 1.807) is 11.3 Å². The largest absolute Gasteiger partial charge is 0.376 e. The van der Waals surface area contributed by atoms with Gasteiger partial charge in [0.05, 0.1) is 6.54 Å². The van der Waals surface area contributed by atoms with Crippen LogP contribution in [-0.4, -0.2) is 34.0 Å². The van der Waals surface area contributed by atoms with Gasteiger partial charge in [0.15, 0.2) is 0 Å². The van der Waals surface area contributed by atoms with Crippen molar-refractivity contribution >= 4 is 22.9 Å². The fourth-order valence-corrected chi connectivity index (χ4v) is 3.48. The standard InChI is InChI=1S/C18H18N4O2S/c23-18(22-8-1-2-9-22)13-3-5-15(6-4-13)19-11-16-20-17(21-24-16)14-7-10-25-12-14/h3-7,10,12,19H,1-2,8-9,11H2. The van der Waals surface area contributed by atoms with Gasteiger partial charge in [0.1, 0.15) is 0 Å². The van der Waals surface area contributed by atoms with Gasteiger partial charge in [-0.2, -0.15) is 16.3 Å². The van der Waals surface area contributed by atoms with E-state index in [9.17, 15) is 4.79 Å². The summed E-state index contributed by atoms with van der Waals surface area (Å²) in [6, 6.07) is 9.48. The maximum atomic E-state index is 12.3. The molecule has 1 saturated heterocycles. The van der Waals surface area contributed by atoms with Crippen molar-refractivity contribution < 1.29 is 9.32 Å². The Kier molecular flexibility index (Phi) is 4.47. The number of nitrogens with zero attached hydrogens (tertiary/aromatic N) is 3. The first-order valence-corrected chi connectivity index (χ1v) is 9.22. The average Bonchev–Trinajstić information content (AvgIpc) is 3.42. The number of thiophene rings is 1. The number of rotatable bonds is 5. The number of likely N-dealkylation sites (tertiary alicyclic amines) is 1. The van der Waals surface area contributed by atoms with Gasteiger partial charge in [-0.25, -0.2) is 0 Å². The van der Waals surface area contributed by atoms with Gasteiger partial charge < -0.3 is 14.7 Å². The molecule has 128 valence electrons. The molecule has 4 rings (SSSR count). The summed E-state index contributed by atoms with van der Waals surface area (Å²) in [5.41, 5.74) is 2.60. The summed E-state index contributed by atoms with van der Waals surface area (Å²) in [6.45, 7) is 2.17. The Bertz CT molecular complexity index is 836. The van der Waals surface area contributed by atoms with E-state index < -0.39 is 0 Å². The number of hydrogen-bond acceptors (Lipinski definition) is 6. The Morgan fingerprint density at radius 1 is 1.20 bits per heavy atom. The number of hydrogen-bond donors (Lipinski definition) is 1. The van der Waals surface area contributed by atoms with Crippen LogP contribution in [0.3, 0.4) is 0 Å². The lowest BCUT2D eigenvalue weighted by molar-refractivity contribution is 0.0793. The van der Waals surface area contributed by atoms with Gasteiger partial charge in [-0.1, -0.05) is 5.16 Å². The van der Waals surface area contributed by atoms with Gasteiger partial charge in [0.25, 0.3) is 5.91 Å². The molecule has 0 radical (unpaired) electrons. The molecule has 7 heteroatoms. The van der Waals surface area contributed by atoms with Gasteiger partial charge in [-0.05, 0) is 48.6 Å². The Labute approximate surface area is 149 Å². The fraction of sp³-hybridized carbons (Fsp3) is 0.278. The lowest BCUT2D eigenvalue weighted by atomic mass is 10.2. The molecule has 25 heavy (non-hydrogen) atoms. The first kappa shape index (κ1) is 15.8. The fourth-order valence-electron chi connectivity index (χ4n) is 2.85. The number of nitrogens with one attached hydrogen (secondary N) is 1. The Morgan fingerprint density at radius 3 is 2.72 bits per heavy atom. The van der Waals surface area contributed by atoms with E-state index in [2.05, 4.69) is 15.5 Å². The van der Waals surface area contributed by atoms with Crippen LogP contribution in [0, 0.1) is 0 Å². The van der Waals surface area contributed by atoms with Crippen LogP contribution >= 0.6 is 11.3 Å². The number of amides is 1. The summed E-state index contributed by atoms with van der Waals surface area (Å²) >= 11 is 1.60. The molecule has 6 nitrogen and oxygen atoms in total. The second kappa shape index (κ2) is 7.06. The van der Waals surface area contributed by atoms with Crippen molar-refractivity contribution in [3.63, 3.8) is 0 Å². The van der Waals surface area contributed by atoms with Crippen LogP contribution < -0.4 is 5.32 Å². The lowest BCUT2D eigenvalue weighted by Crippen LogP contribution is -2.27. The SMILES string of the molecule is O=C(c1ccc(NCc2nc(-c3ccsc3)no2)cc1)N1CCCC1. The smallest absolute Gasteiger partial charge is 0.253 e. The van der Waals surface area contributed by atoms with Crippen molar-refractivity contribution in [2.24, 2.45) is 0 Å². The van der Waals surface area contributed by atoms with Crippen molar-refractivity contribution in [2.75, 3.05) is 18.4 Å². The minimum atomic E-state index is 0.112. The predicted molar refractivity (Wildman–Crippen MR) is 96.5 cm³/mol. The molecule has 0 bridgehead atoms. The van der Waals surface area contributed by atoms with Gasteiger partial charge in [-0.15, -0.1) is 0 Å². The summed E-state index contributed by atoms with van der Waals surface area (Å²) in [5.74, 6) is 1.24. The molecule has 1 aliphatic rings. The molecule has 2 aromatic heterocycles. The molecule has 1 aromatic carbocycles. The summed E-state index contributed by atoms with van der Waals surface area (Å²) < 4.78 is 5.26. The normalized spacial score (nSPS) is 14.0. The van der Waals surface area contributed by atoms with E-state index in [1.807, 2.05) is 46.0 Å². The molecule has 3 aromatic rings. The van der Waals surface area contributed by atoms with Gasteiger partial charge in [0, 0.05) is 35.3 Å². The van der Waals surface area contributed by atoms with E-state index in [-0.39, 0.29) is 5.91 Å². The monoisotopic (exact) mass is 354 g/mol. The van der Waals surface area contributed by atoms with Crippen LogP contribution in [0.2, 0.25) is 0 Å². The molecule has 1 amide bonds. The zero-order chi connectivity index (χ0) is 17.1. The summed E-state index contributed by atoms with van der Waals surface area (Å²) in [7, 11) is 0. The lowest BCUT2D eigenvalue weighted by Gasteiger charge is -2.15. The molecule has 0 aliphatic carbocycles. The maximum Gasteiger partial charge on any atom is 0.253 e. The minimum absolute atomic E-state index is 0.112. The Hall–Kier alpha value is -2.67. The zero-order valence-electron chi connectivity index (χ0n) is 13.6. The molecule has 1 aliphatic heterocycles. The zero-order valence-corrected chi connectivity index (χ0v) is 14.5. The van der Waals surface area contributed by atoms with Crippen LogP contribution in [0.1, 0.15) is 29.1 Å². The topological polar surface area (TPSA) is 71.3 Å². The number of aromatic nitrogens is 2. The minimum Gasteiger partial charge on any atom is -0.376 e. The molecule has 0 atom stereocenters. The summed E-state index contributed by atoms with van der Waals surface area (Å²) in [5, 5.41) is 11.2. The second-order valence-corrected chi connectivity index (χ2v) is 6.73. The quantitative estimate of drug-likeness (QED) is 0.757. The van der Waals surface area contributed by atoms with E-state index in [1.165, 1.54) is 0 Å². The van der Waals surface area contributed by atoms with Gasteiger partial charge in [0.2, 0.25) is 11.7 Å². The first-order valence-electron chi connectivity index (χ1n) is 8.28. The molecule has 1 N–H and O–H groups in total. The van der Waals surface area contributed by atoms with Crippen molar-refractivity contribution in [3.05, 3.63) is 52.5 Å². The molecule has 3 heterocycles. The van der Waals surface area contributed by atoms with Crippen molar-refractivity contribution in [3.8, 4) is 11.4 Å². The molecule has 0 unspecified atom stereocenters. The molecular formula is C18H18N4O2S. The van der Waals surface area contributed by atoms with Crippen LogP contribution in [0.25, 0.3) is 11.4 Å². The number of benzene rings is 1. The third kappa shape index (κ3) is 3.56. The highest BCUT2D eigenvalue weighted by atomic mass is 32.1. The van der Waals surface area contributed by atoms with E-state index in [4.69, 9.17) is 4.52 Å². The average molecular weight is 354 g/mol. The number of carbonyl (C=O) groups excluding carboxylic acids is 1. The predicted octanol–water partition coefficient (Wildman–Crippen LogP) is 3.65. The Morgan fingerprint density at radius 2 is 2.00 bits per heavy atom. The van der Waals surface area contributed by atoms with Crippen LogP contribution in [0.4, 0.5) is 5.69 Å². The molecular weight excluding hydrogens is 336 g/mol. The van der Waals surface area contributed by atoms with E-state index in [0.717, 1.165) is 42.7 Å². The molecule has 1 fully saturated rings. The third-order valence-corrected chi connectivity index (χ3v) is 4.90. The number of anilines is 1. The highest BCUT2D eigenvalue weighted by Gasteiger charge is 2.19. The van der Waals surface area contributed by atoms with E-state index >= 15 is 0 Å². The van der Waals surface area contributed by atoms with Crippen molar-refractivity contribution in [1.82, 2.24) is 15.0 Å². The van der Waals surface area contributed by atoms with Crippen LogP contribution in [-0.2, 0) is 6.54 Å². The number of carbonyl (C=O) groups is 1. The van der Waals surface area contributed by atoms with Gasteiger partial charge in [-0.3, -0.25) is 4.79 Å². The van der Waals surface area contributed by atoms with Crippen molar-refractivity contribution in [2.45, 2.75) is 19.4 Å². The van der Waals surface area contributed by atoms with Crippen molar-refractivity contribution in [1.29, 1.82) is 0 Å². The van der Waals surface area contributed by atoms with Crippen LogP contribution in [0.15, 0.2) is 45.6 Å². The maximum absolute atomic E-state index is 12.3. The third-order valence-electron chi connectivity index (χ3n) is 4.22. The first-order chi connectivity index (χ1) is 12.3. The molecule has 0 saturated carbocycles. The second-order valence-electron chi connectivity index (χ2n) is 5.95. The van der Waals surface area contributed by atoms with Gasteiger partial charge >= 0.3 is 0 Å². The Balaban J connectivity index is 1.36. The highest BCUT2D eigenvalue weighted by molar-refractivity contribution is 7.08. The highest BCUT2D eigenvalue weighted by Crippen LogP contribution is 2.19. The molecule has 0 spiro atoms. The summed E-state index contributed by atoms with van der Waals surface area (Å²) in [4.78, 5) is 18.6. The van der Waals surface area contributed by atoms with E-state index in [0.29, 0.717) is 18.3 Å².